The Kier molecular flexibility index (Phi) is 6.91. The van der Waals surface area contributed by atoms with E-state index in [0.29, 0.717) is 17.0 Å². The molecule has 1 aromatic carbocycles. The molecule has 0 radical (unpaired) electrons. The Bertz CT molecular complexity index is 432. The summed E-state index contributed by atoms with van der Waals surface area (Å²) in [4.78, 5) is 12.4. The van der Waals surface area contributed by atoms with Gasteiger partial charge in [-0.1, -0.05) is 39.2 Å². The zero-order valence-electron chi connectivity index (χ0n) is 12.7. The first-order valence-electron chi connectivity index (χ1n) is 7.37. The first-order chi connectivity index (χ1) is 9.63. The second-order valence-electron chi connectivity index (χ2n) is 5.03. The number of hydrogen-bond acceptors (Lipinski definition) is 3. The molecule has 1 atom stereocenters. The van der Waals surface area contributed by atoms with E-state index >= 15 is 0 Å². The van der Waals surface area contributed by atoms with Gasteiger partial charge in [0.1, 0.15) is 11.3 Å². The van der Waals surface area contributed by atoms with Crippen molar-refractivity contribution in [3.8, 4) is 5.75 Å². The predicted octanol–water partition coefficient (Wildman–Crippen LogP) is 3.37. The largest absolute Gasteiger partial charge is 0.496 e. The fraction of sp³-hybridized carbons (Fsp3) is 0.562. The Balaban J connectivity index is 2.83. The summed E-state index contributed by atoms with van der Waals surface area (Å²) in [5, 5.41) is 3.09. The molecule has 0 saturated heterocycles. The SMILES string of the molecule is CCCCC(CCC)NC(=O)c1c(N)cccc1OC. The molecule has 1 aromatic rings. The average molecular weight is 278 g/mol. The highest BCUT2D eigenvalue weighted by atomic mass is 16.5. The summed E-state index contributed by atoms with van der Waals surface area (Å²) in [6, 6.07) is 5.47. The van der Waals surface area contributed by atoms with Gasteiger partial charge in [-0.05, 0) is 25.0 Å². The van der Waals surface area contributed by atoms with Crippen LogP contribution in [0.2, 0.25) is 0 Å². The van der Waals surface area contributed by atoms with Crippen LogP contribution in [-0.4, -0.2) is 19.1 Å². The number of nitrogens with one attached hydrogen (secondary N) is 1. The Hall–Kier alpha value is -1.71. The van der Waals surface area contributed by atoms with Crippen LogP contribution in [-0.2, 0) is 0 Å². The van der Waals surface area contributed by atoms with Gasteiger partial charge in [-0.25, -0.2) is 0 Å². The molecule has 3 N–H and O–H groups in total. The van der Waals surface area contributed by atoms with Crippen molar-refractivity contribution in [3.05, 3.63) is 23.8 Å². The van der Waals surface area contributed by atoms with Crippen LogP contribution in [0.15, 0.2) is 18.2 Å². The molecule has 1 rings (SSSR count). The number of benzene rings is 1. The van der Waals surface area contributed by atoms with Crippen LogP contribution in [0.4, 0.5) is 5.69 Å². The van der Waals surface area contributed by atoms with Crippen LogP contribution in [0.3, 0.4) is 0 Å². The molecule has 0 fully saturated rings. The highest BCUT2D eigenvalue weighted by Gasteiger charge is 2.18. The zero-order chi connectivity index (χ0) is 15.0. The quantitative estimate of drug-likeness (QED) is 0.717. The number of methoxy groups -OCH3 is 1. The fourth-order valence-corrected chi connectivity index (χ4v) is 2.31. The van der Waals surface area contributed by atoms with Crippen LogP contribution in [0.25, 0.3) is 0 Å². The number of ether oxygens (including phenoxy) is 1. The number of rotatable bonds is 8. The van der Waals surface area contributed by atoms with E-state index in [1.54, 1.807) is 25.3 Å². The summed E-state index contributed by atoms with van der Waals surface area (Å²) in [7, 11) is 1.55. The molecule has 0 bridgehead atoms. The van der Waals surface area contributed by atoms with Crippen LogP contribution in [0, 0.1) is 0 Å². The molecular formula is C16H26N2O2. The van der Waals surface area contributed by atoms with Crippen LogP contribution >= 0.6 is 0 Å². The number of hydrogen-bond donors (Lipinski definition) is 2. The van der Waals surface area contributed by atoms with Crippen molar-refractivity contribution in [2.75, 3.05) is 12.8 Å². The molecule has 0 aromatic heterocycles. The highest BCUT2D eigenvalue weighted by molar-refractivity contribution is 6.02. The van der Waals surface area contributed by atoms with Crippen molar-refractivity contribution < 1.29 is 9.53 Å². The van der Waals surface area contributed by atoms with Gasteiger partial charge < -0.3 is 15.8 Å². The Morgan fingerprint density at radius 1 is 1.30 bits per heavy atom. The van der Waals surface area contributed by atoms with Gasteiger partial charge in [0.25, 0.3) is 5.91 Å². The summed E-state index contributed by atoms with van der Waals surface area (Å²) < 4.78 is 5.23. The van der Waals surface area contributed by atoms with Crippen molar-refractivity contribution in [1.29, 1.82) is 0 Å². The molecule has 0 aliphatic carbocycles. The molecule has 1 unspecified atom stereocenters. The van der Waals surface area contributed by atoms with Crippen molar-refractivity contribution >= 4 is 11.6 Å². The summed E-state index contributed by atoms with van der Waals surface area (Å²) >= 11 is 0. The lowest BCUT2D eigenvalue weighted by atomic mass is 10.0. The van der Waals surface area contributed by atoms with E-state index in [-0.39, 0.29) is 11.9 Å². The Morgan fingerprint density at radius 2 is 2.05 bits per heavy atom. The van der Waals surface area contributed by atoms with Gasteiger partial charge in [0, 0.05) is 11.7 Å². The second-order valence-corrected chi connectivity index (χ2v) is 5.03. The van der Waals surface area contributed by atoms with Gasteiger partial charge in [-0.3, -0.25) is 4.79 Å². The minimum absolute atomic E-state index is 0.144. The van der Waals surface area contributed by atoms with Gasteiger partial charge >= 0.3 is 0 Å². The lowest BCUT2D eigenvalue weighted by Crippen LogP contribution is -2.35. The average Bonchev–Trinajstić information content (AvgIpc) is 2.44. The number of anilines is 1. The van der Waals surface area contributed by atoms with E-state index in [4.69, 9.17) is 10.5 Å². The fourth-order valence-electron chi connectivity index (χ4n) is 2.31. The smallest absolute Gasteiger partial charge is 0.257 e. The second kappa shape index (κ2) is 8.46. The number of amides is 1. The molecule has 0 heterocycles. The van der Waals surface area contributed by atoms with Gasteiger partial charge in [0.2, 0.25) is 0 Å². The summed E-state index contributed by atoms with van der Waals surface area (Å²) in [6.45, 7) is 4.28. The molecule has 4 heteroatoms. The van der Waals surface area contributed by atoms with E-state index in [9.17, 15) is 4.79 Å². The van der Waals surface area contributed by atoms with Gasteiger partial charge in [-0.2, -0.15) is 0 Å². The van der Waals surface area contributed by atoms with E-state index in [0.717, 1.165) is 32.1 Å². The molecule has 112 valence electrons. The van der Waals surface area contributed by atoms with Crippen molar-refractivity contribution in [3.63, 3.8) is 0 Å². The van der Waals surface area contributed by atoms with Crippen LogP contribution in [0.1, 0.15) is 56.3 Å². The molecule has 0 spiro atoms. The molecule has 20 heavy (non-hydrogen) atoms. The number of carbonyl (C=O) groups is 1. The maximum atomic E-state index is 12.4. The molecule has 1 amide bonds. The number of nitrogens with two attached hydrogens (primary N) is 1. The Morgan fingerprint density at radius 3 is 2.65 bits per heavy atom. The van der Waals surface area contributed by atoms with Gasteiger partial charge in [0.15, 0.2) is 0 Å². The highest BCUT2D eigenvalue weighted by Crippen LogP contribution is 2.24. The summed E-state index contributed by atoms with van der Waals surface area (Å²) in [5.41, 5.74) is 6.80. The topological polar surface area (TPSA) is 64.4 Å². The van der Waals surface area contributed by atoms with E-state index < -0.39 is 0 Å². The van der Waals surface area contributed by atoms with Crippen LogP contribution in [0.5, 0.6) is 5.75 Å². The maximum absolute atomic E-state index is 12.4. The van der Waals surface area contributed by atoms with Crippen molar-refractivity contribution in [1.82, 2.24) is 5.32 Å². The first-order valence-corrected chi connectivity index (χ1v) is 7.37. The van der Waals surface area contributed by atoms with E-state index in [2.05, 4.69) is 19.2 Å². The normalized spacial score (nSPS) is 11.9. The molecule has 0 saturated carbocycles. The monoisotopic (exact) mass is 278 g/mol. The number of nitrogen functional groups attached to an aromatic ring is 1. The summed E-state index contributed by atoms with van der Waals surface area (Å²) in [5.74, 6) is 0.378. The number of carbonyl (C=O) groups excluding carboxylic acids is 1. The third kappa shape index (κ3) is 4.44. The zero-order valence-corrected chi connectivity index (χ0v) is 12.7. The third-order valence-electron chi connectivity index (χ3n) is 3.38. The number of unbranched alkanes of at least 4 members (excludes halogenated alkanes) is 1. The van der Waals surface area contributed by atoms with Gasteiger partial charge in [0.05, 0.1) is 7.11 Å². The third-order valence-corrected chi connectivity index (χ3v) is 3.38. The lowest BCUT2D eigenvalue weighted by Gasteiger charge is -2.19. The molecule has 0 aliphatic rings. The minimum Gasteiger partial charge on any atom is -0.496 e. The molecule has 4 nitrogen and oxygen atoms in total. The first kappa shape index (κ1) is 16.3. The predicted molar refractivity (Wildman–Crippen MR) is 83.1 cm³/mol. The van der Waals surface area contributed by atoms with Crippen molar-refractivity contribution in [2.24, 2.45) is 0 Å². The molecular weight excluding hydrogens is 252 g/mol. The van der Waals surface area contributed by atoms with E-state index in [1.807, 2.05) is 0 Å². The maximum Gasteiger partial charge on any atom is 0.257 e. The van der Waals surface area contributed by atoms with Crippen molar-refractivity contribution in [2.45, 2.75) is 52.0 Å². The lowest BCUT2D eigenvalue weighted by molar-refractivity contribution is 0.0930. The standard InChI is InChI=1S/C16H26N2O2/c1-4-6-9-12(8-5-2)18-16(19)15-13(17)10-7-11-14(15)20-3/h7,10-12H,4-6,8-9,17H2,1-3H3,(H,18,19). The minimum atomic E-state index is -0.144. The van der Waals surface area contributed by atoms with Crippen LogP contribution < -0.4 is 15.8 Å². The Labute approximate surface area is 121 Å². The summed E-state index contributed by atoms with van der Waals surface area (Å²) in [6.07, 6.45) is 5.29. The van der Waals surface area contributed by atoms with E-state index in [1.165, 1.54) is 0 Å². The molecule has 0 aliphatic heterocycles. The van der Waals surface area contributed by atoms with Gasteiger partial charge in [-0.15, -0.1) is 0 Å².